The lowest BCUT2D eigenvalue weighted by atomic mass is 10.0. The van der Waals surface area contributed by atoms with E-state index < -0.39 is 0 Å². The van der Waals surface area contributed by atoms with E-state index in [9.17, 15) is 4.79 Å². The number of anilines is 1. The van der Waals surface area contributed by atoms with E-state index >= 15 is 0 Å². The number of aryl methyl sites for hydroxylation is 1. The van der Waals surface area contributed by atoms with Gasteiger partial charge >= 0.3 is 0 Å². The van der Waals surface area contributed by atoms with Crippen LogP contribution in [-0.4, -0.2) is 15.8 Å². The molecule has 17 heavy (non-hydrogen) atoms. The Kier molecular flexibility index (Phi) is 2.54. The molecule has 0 amide bonds. The van der Waals surface area contributed by atoms with E-state index in [1.54, 1.807) is 13.2 Å². The Balaban J connectivity index is 2.29. The van der Waals surface area contributed by atoms with Crippen LogP contribution in [0.15, 0.2) is 11.0 Å². The number of nitrogens with one attached hydrogen (secondary N) is 1. The van der Waals surface area contributed by atoms with E-state index in [1.165, 1.54) is 4.68 Å². The van der Waals surface area contributed by atoms with Crippen LogP contribution in [0.1, 0.15) is 27.7 Å². The first-order chi connectivity index (χ1) is 7.69. The van der Waals surface area contributed by atoms with Crippen LogP contribution in [0.2, 0.25) is 5.02 Å². The molecule has 1 aromatic heterocycles. The number of hydrogen-bond donors (Lipinski definition) is 1. The molecule has 0 atom stereocenters. The van der Waals surface area contributed by atoms with Gasteiger partial charge in [-0.1, -0.05) is 39.3 Å². The second-order valence-corrected chi connectivity index (χ2v) is 6.20. The molecule has 1 aliphatic rings. The molecule has 4 nitrogen and oxygen atoms in total. The summed E-state index contributed by atoms with van der Waals surface area (Å²) in [6.45, 7) is 8.81. The van der Waals surface area contributed by atoms with Gasteiger partial charge in [0.25, 0.3) is 5.56 Å². The van der Waals surface area contributed by atoms with Crippen LogP contribution in [0.3, 0.4) is 0 Å². The van der Waals surface area contributed by atoms with Crippen LogP contribution in [-0.2, 0) is 7.05 Å². The van der Waals surface area contributed by atoms with Gasteiger partial charge in [-0.25, -0.2) is 4.68 Å². The summed E-state index contributed by atoms with van der Waals surface area (Å²) in [4.78, 5) is 11.6. The molecule has 1 saturated carbocycles. The molecule has 0 spiro atoms. The SMILES string of the molecule is Cn1ncc(NC2C(C)(C)C2(C)C)c(Cl)c1=O. The summed E-state index contributed by atoms with van der Waals surface area (Å²) in [6, 6.07) is 0.307. The normalized spacial score (nSPS) is 21.3. The molecule has 1 aliphatic carbocycles. The summed E-state index contributed by atoms with van der Waals surface area (Å²) >= 11 is 6.02. The van der Waals surface area contributed by atoms with Gasteiger partial charge in [0.05, 0.1) is 11.9 Å². The van der Waals surface area contributed by atoms with Crippen molar-refractivity contribution in [2.75, 3.05) is 5.32 Å². The van der Waals surface area contributed by atoms with Crippen molar-refractivity contribution < 1.29 is 0 Å². The van der Waals surface area contributed by atoms with E-state index in [-0.39, 0.29) is 21.4 Å². The van der Waals surface area contributed by atoms with Crippen molar-refractivity contribution in [1.29, 1.82) is 0 Å². The topological polar surface area (TPSA) is 46.9 Å². The minimum Gasteiger partial charge on any atom is -0.379 e. The third-order valence-corrected chi connectivity index (χ3v) is 4.76. The van der Waals surface area contributed by atoms with E-state index in [4.69, 9.17) is 11.6 Å². The fourth-order valence-corrected chi connectivity index (χ4v) is 2.55. The molecule has 2 rings (SSSR count). The molecule has 1 N–H and O–H groups in total. The lowest BCUT2D eigenvalue weighted by molar-refractivity contribution is 0.457. The van der Waals surface area contributed by atoms with Crippen LogP contribution in [0.25, 0.3) is 0 Å². The van der Waals surface area contributed by atoms with E-state index in [2.05, 4.69) is 38.1 Å². The highest BCUT2D eigenvalue weighted by atomic mass is 35.5. The maximum absolute atomic E-state index is 11.6. The van der Waals surface area contributed by atoms with Gasteiger partial charge in [-0.05, 0) is 10.8 Å². The van der Waals surface area contributed by atoms with Crippen molar-refractivity contribution in [3.8, 4) is 0 Å². The number of hydrogen-bond acceptors (Lipinski definition) is 3. The Morgan fingerprint density at radius 2 is 1.88 bits per heavy atom. The molecular weight excluding hydrogens is 238 g/mol. The standard InChI is InChI=1S/C12H18ClN3O/c1-11(2)10(12(11,3)4)15-7-6-14-16(5)9(17)8(7)13/h6,10,15H,1-5H3. The molecule has 0 aromatic carbocycles. The lowest BCUT2D eigenvalue weighted by Crippen LogP contribution is -2.22. The van der Waals surface area contributed by atoms with Gasteiger partial charge in [0.2, 0.25) is 0 Å². The second-order valence-electron chi connectivity index (χ2n) is 5.82. The van der Waals surface area contributed by atoms with Crippen LogP contribution < -0.4 is 10.9 Å². The maximum Gasteiger partial charge on any atom is 0.287 e. The highest BCUT2D eigenvalue weighted by Gasteiger charge is 2.65. The van der Waals surface area contributed by atoms with Crippen molar-refractivity contribution in [2.45, 2.75) is 33.7 Å². The zero-order valence-electron chi connectivity index (χ0n) is 10.8. The van der Waals surface area contributed by atoms with E-state index in [0.717, 1.165) is 0 Å². The van der Waals surface area contributed by atoms with Crippen LogP contribution in [0.4, 0.5) is 5.69 Å². The Morgan fingerprint density at radius 3 is 2.35 bits per heavy atom. The van der Waals surface area contributed by atoms with Gasteiger partial charge in [-0.15, -0.1) is 0 Å². The Hall–Kier alpha value is -1.03. The number of halogens is 1. The highest BCUT2D eigenvalue weighted by Crippen LogP contribution is 2.63. The first-order valence-corrected chi connectivity index (χ1v) is 6.05. The minimum atomic E-state index is -0.270. The van der Waals surface area contributed by atoms with Crippen molar-refractivity contribution in [3.05, 3.63) is 21.6 Å². The average Bonchev–Trinajstić information content (AvgIpc) is 2.61. The summed E-state index contributed by atoms with van der Waals surface area (Å²) in [6.07, 6.45) is 1.61. The van der Waals surface area contributed by atoms with Crippen molar-refractivity contribution in [1.82, 2.24) is 9.78 Å². The van der Waals surface area contributed by atoms with Crippen molar-refractivity contribution in [2.24, 2.45) is 17.9 Å². The fraction of sp³-hybridized carbons (Fsp3) is 0.667. The third-order valence-electron chi connectivity index (χ3n) is 4.40. The summed E-state index contributed by atoms with van der Waals surface area (Å²) in [5.41, 5.74) is 0.737. The zero-order chi connectivity index (χ0) is 13.0. The predicted octanol–water partition coefficient (Wildman–Crippen LogP) is 2.28. The molecular formula is C12H18ClN3O. The summed E-state index contributed by atoms with van der Waals surface area (Å²) in [5.74, 6) is 0. The first-order valence-electron chi connectivity index (χ1n) is 5.68. The largest absolute Gasteiger partial charge is 0.379 e. The molecule has 0 radical (unpaired) electrons. The predicted molar refractivity (Wildman–Crippen MR) is 69.5 cm³/mol. The molecule has 0 aliphatic heterocycles. The van der Waals surface area contributed by atoms with Gasteiger partial charge < -0.3 is 5.32 Å². The van der Waals surface area contributed by atoms with Crippen molar-refractivity contribution >= 4 is 17.3 Å². The average molecular weight is 256 g/mol. The molecule has 1 fully saturated rings. The fourth-order valence-electron chi connectivity index (χ4n) is 2.32. The van der Waals surface area contributed by atoms with Crippen LogP contribution in [0.5, 0.6) is 0 Å². The lowest BCUT2D eigenvalue weighted by Gasteiger charge is -2.09. The molecule has 0 saturated heterocycles. The van der Waals surface area contributed by atoms with E-state index in [0.29, 0.717) is 11.7 Å². The summed E-state index contributed by atoms with van der Waals surface area (Å²) in [5, 5.41) is 7.51. The summed E-state index contributed by atoms with van der Waals surface area (Å²) < 4.78 is 1.23. The van der Waals surface area contributed by atoms with Crippen LogP contribution >= 0.6 is 11.6 Å². The van der Waals surface area contributed by atoms with Gasteiger partial charge in [0, 0.05) is 13.1 Å². The Labute approximate surface area is 106 Å². The third kappa shape index (κ3) is 1.66. The molecule has 1 heterocycles. The van der Waals surface area contributed by atoms with Crippen LogP contribution in [0, 0.1) is 10.8 Å². The van der Waals surface area contributed by atoms with Gasteiger partial charge in [0.1, 0.15) is 5.02 Å². The van der Waals surface area contributed by atoms with E-state index in [1.807, 2.05) is 0 Å². The molecule has 94 valence electrons. The smallest absolute Gasteiger partial charge is 0.287 e. The minimum absolute atomic E-state index is 0.192. The number of nitrogens with zero attached hydrogens (tertiary/aromatic N) is 2. The van der Waals surface area contributed by atoms with Gasteiger partial charge in [-0.3, -0.25) is 4.79 Å². The van der Waals surface area contributed by atoms with Gasteiger partial charge in [-0.2, -0.15) is 5.10 Å². The molecule has 1 aromatic rings. The maximum atomic E-state index is 11.6. The monoisotopic (exact) mass is 255 g/mol. The Morgan fingerprint density at radius 1 is 1.35 bits per heavy atom. The van der Waals surface area contributed by atoms with Gasteiger partial charge in [0.15, 0.2) is 0 Å². The quantitative estimate of drug-likeness (QED) is 0.882. The first kappa shape index (κ1) is 12.4. The second kappa shape index (κ2) is 3.48. The highest BCUT2D eigenvalue weighted by molar-refractivity contribution is 6.32. The number of rotatable bonds is 2. The zero-order valence-corrected chi connectivity index (χ0v) is 11.6. The number of aromatic nitrogens is 2. The van der Waals surface area contributed by atoms with Crippen molar-refractivity contribution in [3.63, 3.8) is 0 Å². The Bertz CT molecular complexity index is 505. The molecule has 5 heteroatoms. The summed E-state index contributed by atoms with van der Waals surface area (Å²) in [7, 11) is 1.59. The molecule has 0 bridgehead atoms. The molecule has 0 unspecified atom stereocenters.